The Labute approximate surface area is 120 Å². The van der Waals surface area contributed by atoms with Crippen molar-refractivity contribution < 1.29 is 4.74 Å². The summed E-state index contributed by atoms with van der Waals surface area (Å²) in [5, 5.41) is 0. The SMILES string of the molecule is NNC(c1ccc2c(c1)CCO2)c1ccc(Br)cn1. The number of hydrogen-bond donors (Lipinski definition) is 2. The molecule has 0 aliphatic carbocycles. The van der Waals surface area contributed by atoms with E-state index in [1.54, 1.807) is 6.20 Å². The van der Waals surface area contributed by atoms with Gasteiger partial charge in [0.05, 0.1) is 18.3 Å². The van der Waals surface area contributed by atoms with Crippen LogP contribution in [0.3, 0.4) is 0 Å². The van der Waals surface area contributed by atoms with Gasteiger partial charge in [-0.2, -0.15) is 0 Å². The Morgan fingerprint density at radius 1 is 1.32 bits per heavy atom. The number of nitrogens with zero attached hydrogens (tertiary/aromatic N) is 1. The van der Waals surface area contributed by atoms with Crippen LogP contribution in [0.2, 0.25) is 0 Å². The maximum atomic E-state index is 5.69. The van der Waals surface area contributed by atoms with Gasteiger partial charge in [-0.15, -0.1) is 0 Å². The van der Waals surface area contributed by atoms with Crippen molar-refractivity contribution in [2.45, 2.75) is 12.5 Å². The van der Waals surface area contributed by atoms with Crippen LogP contribution in [0, 0.1) is 0 Å². The molecule has 1 aromatic heterocycles. The van der Waals surface area contributed by atoms with E-state index < -0.39 is 0 Å². The molecule has 1 aliphatic heterocycles. The molecule has 4 nitrogen and oxygen atoms in total. The molecule has 1 atom stereocenters. The second-order valence-electron chi connectivity index (χ2n) is 4.47. The van der Waals surface area contributed by atoms with Crippen molar-refractivity contribution in [1.82, 2.24) is 10.4 Å². The summed E-state index contributed by atoms with van der Waals surface area (Å²) in [6.07, 6.45) is 2.73. The number of benzene rings is 1. The number of aromatic nitrogens is 1. The quantitative estimate of drug-likeness (QED) is 0.673. The lowest BCUT2D eigenvalue weighted by Gasteiger charge is -2.16. The number of nitrogens with two attached hydrogens (primary N) is 1. The molecule has 2 heterocycles. The summed E-state index contributed by atoms with van der Waals surface area (Å²) in [4.78, 5) is 4.40. The van der Waals surface area contributed by atoms with E-state index in [1.165, 1.54) is 5.56 Å². The Morgan fingerprint density at radius 2 is 2.21 bits per heavy atom. The Morgan fingerprint density at radius 3 is 2.95 bits per heavy atom. The summed E-state index contributed by atoms with van der Waals surface area (Å²) in [5.74, 6) is 6.66. The Bertz CT molecular complexity index is 586. The number of hydrazine groups is 1. The second-order valence-corrected chi connectivity index (χ2v) is 5.38. The van der Waals surface area contributed by atoms with Gasteiger partial charge in [0.2, 0.25) is 0 Å². The van der Waals surface area contributed by atoms with E-state index in [0.717, 1.165) is 34.5 Å². The average molecular weight is 320 g/mol. The standard InChI is InChI=1S/C14H14BrN3O/c15-11-2-3-12(17-8-11)14(18-16)10-1-4-13-9(7-10)5-6-19-13/h1-4,7-8,14,18H,5-6,16H2. The highest BCUT2D eigenvalue weighted by Gasteiger charge is 2.18. The predicted octanol–water partition coefficient (Wildman–Crippen LogP) is 2.33. The molecule has 1 aromatic carbocycles. The summed E-state index contributed by atoms with van der Waals surface area (Å²) in [6, 6.07) is 9.97. The molecule has 0 spiro atoms. The molecule has 2 aromatic rings. The molecule has 1 aliphatic rings. The zero-order valence-corrected chi connectivity index (χ0v) is 11.9. The van der Waals surface area contributed by atoms with Gasteiger partial charge in [-0.1, -0.05) is 6.07 Å². The predicted molar refractivity (Wildman–Crippen MR) is 76.7 cm³/mol. The minimum absolute atomic E-state index is 0.112. The van der Waals surface area contributed by atoms with Crippen LogP contribution in [-0.4, -0.2) is 11.6 Å². The molecular formula is C14H14BrN3O. The second kappa shape index (κ2) is 5.28. The highest BCUT2D eigenvalue weighted by molar-refractivity contribution is 9.10. The van der Waals surface area contributed by atoms with E-state index in [9.17, 15) is 0 Å². The Balaban J connectivity index is 1.96. The third kappa shape index (κ3) is 2.49. The minimum Gasteiger partial charge on any atom is -0.493 e. The van der Waals surface area contributed by atoms with Crippen molar-refractivity contribution in [3.63, 3.8) is 0 Å². The first-order valence-electron chi connectivity index (χ1n) is 6.11. The number of nitrogens with one attached hydrogen (secondary N) is 1. The molecule has 3 rings (SSSR count). The molecule has 0 fully saturated rings. The molecule has 3 N–H and O–H groups in total. The van der Waals surface area contributed by atoms with E-state index >= 15 is 0 Å². The van der Waals surface area contributed by atoms with Gasteiger partial charge in [0.15, 0.2) is 0 Å². The summed E-state index contributed by atoms with van der Waals surface area (Å²) in [5.41, 5.74) is 6.05. The topological polar surface area (TPSA) is 60.2 Å². The zero-order valence-electron chi connectivity index (χ0n) is 10.3. The van der Waals surface area contributed by atoms with Crippen molar-refractivity contribution >= 4 is 15.9 Å². The smallest absolute Gasteiger partial charge is 0.122 e. The molecule has 0 bridgehead atoms. The highest BCUT2D eigenvalue weighted by Crippen LogP contribution is 2.30. The molecular weight excluding hydrogens is 306 g/mol. The van der Waals surface area contributed by atoms with Crippen LogP contribution in [0.1, 0.15) is 22.9 Å². The van der Waals surface area contributed by atoms with E-state index in [4.69, 9.17) is 10.6 Å². The van der Waals surface area contributed by atoms with Crippen LogP contribution < -0.4 is 16.0 Å². The lowest BCUT2D eigenvalue weighted by Crippen LogP contribution is -2.29. The molecule has 98 valence electrons. The summed E-state index contributed by atoms with van der Waals surface area (Å²) < 4.78 is 6.47. The molecule has 5 heteroatoms. The third-order valence-electron chi connectivity index (χ3n) is 3.26. The van der Waals surface area contributed by atoms with Crippen LogP contribution >= 0.6 is 15.9 Å². The maximum absolute atomic E-state index is 5.69. The lowest BCUT2D eigenvalue weighted by molar-refractivity contribution is 0.357. The van der Waals surface area contributed by atoms with E-state index in [2.05, 4.69) is 32.4 Å². The average Bonchev–Trinajstić information content (AvgIpc) is 2.89. The largest absolute Gasteiger partial charge is 0.493 e. The van der Waals surface area contributed by atoms with Crippen LogP contribution in [0.5, 0.6) is 5.75 Å². The fourth-order valence-corrected chi connectivity index (χ4v) is 2.53. The minimum atomic E-state index is -0.112. The number of pyridine rings is 1. The zero-order chi connectivity index (χ0) is 13.2. The Kier molecular flexibility index (Phi) is 3.50. The first kappa shape index (κ1) is 12.6. The van der Waals surface area contributed by atoms with Crippen molar-refractivity contribution in [2.24, 2.45) is 5.84 Å². The van der Waals surface area contributed by atoms with Crippen LogP contribution in [0.4, 0.5) is 0 Å². The summed E-state index contributed by atoms with van der Waals surface area (Å²) in [7, 11) is 0. The van der Waals surface area contributed by atoms with Gasteiger partial charge in [-0.05, 0) is 51.3 Å². The molecule has 0 amide bonds. The van der Waals surface area contributed by atoms with Gasteiger partial charge in [-0.25, -0.2) is 5.43 Å². The van der Waals surface area contributed by atoms with Gasteiger partial charge in [0.25, 0.3) is 0 Å². The number of hydrogen-bond acceptors (Lipinski definition) is 4. The number of ether oxygens (including phenoxy) is 1. The fraction of sp³-hybridized carbons (Fsp3) is 0.214. The monoisotopic (exact) mass is 319 g/mol. The van der Waals surface area contributed by atoms with Crippen LogP contribution in [-0.2, 0) is 6.42 Å². The van der Waals surface area contributed by atoms with Crippen LogP contribution in [0.25, 0.3) is 0 Å². The maximum Gasteiger partial charge on any atom is 0.122 e. The molecule has 0 saturated heterocycles. The van der Waals surface area contributed by atoms with Crippen LogP contribution in [0.15, 0.2) is 41.0 Å². The molecule has 1 unspecified atom stereocenters. The molecule has 0 saturated carbocycles. The van der Waals surface area contributed by atoms with Gasteiger partial charge < -0.3 is 4.74 Å². The van der Waals surface area contributed by atoms with Gasteiger partial charge in [-0.3, -0.25) is 10.8 Å². The lowest BCUT2D eigenvalue weighted by atomic mass is 10.0. The van der Waals surface area contributed by atoms with E-state index in [-0.39, 0.29) is 6.04 Å². The summed E-state index contributed by atoms with van der Waals surface area (Å²) in [6.45, 7) is 0.760. The van der Waals surface area contributed by atoms with Gasteiger partial charge >= 0.3 is 0 Å². The molecule has 19 heavy (non-hydrogen) atoms. The first-order chi connectivity index (χ1) is 9.28. The summed E-state index contributed by atoms with van der Waals surface area (Å²) >= 11 is 3.38. The van der Waals surface area contributed by atoms with Gasteiger partial charge in [0, 0.05) is 17.1 Å². The third-order valence-corrected chi connectivity index (χ3v) is 3.73. The fourth-order valence-electron chi connectivity index (χ4n) is 2.30. The highest BCUT2D eigenvalue weighted by atomic mass is 79.9. The first-order valence-corrected chi connectivity index (χ1v) is 6.90. The van der Waals surface area contributed by atoms with Crippen molar-refractivity contribution in [1.29, 1.82) is 0 Å². The van der Waals surface area contributed by atoms with Gasteiger partial charge in [0.1, 0.15) is 5.75 Å². The molecule has 0 radical (unpaired) electrons. The van der Waals surface area contributed by atoms with Crippen molar-refractivity contribution in [2.75, 3.05) is 6.61 Å². The van der Waals surface area contributed by atoms with Crippen molar-refractivity contribution in [3.8, 4) is 5.75 Å². The number of rotatable bonds is 3. The number of fused-ring (bicyclic) bond motifs is 1. The van der Waals surface area contributed by atoms with E-state index in [1.807, 2.05) is 24.3 Å². The van der Waals surface area contributed by atoms with Crippen molar-refractivity contribution in [3.05, 3.63) is 57.8 Å². The normalized spacial score (nSPS) is 14.8. The Hall–Kier alpha value is -1.43. The van der Waals surface area contributed by atoms with E-state index in [0.29, 0.717) is 0 Å². The number of halogens is 1.